The van der Waals surface area contributed by atoms with E-state index < -0.39 is 27.4 Å². The van der Waals surface area contributed by atoms with Gasteiger partial charge in [-0.25, -0.2) is 8.42 Å². The second-order valence-corrected chi connectivity index (χ2v) is 9.83. The highest BCUT2D eigenvalue weighted by molar-refractivity contribution is 7.92. The normalized spacial score (nSPS) is 10.9. The molecular formula is C24H24ClN3O9S. The lowest BCUT2D eigenvalue weighted by Crippen LogP contribution is -2.38. The van der Waals surface area contributed by atoms with Crippen LogP contribution in [-0.2, 0) is 14.8 Å². The molecule has 1 N–H and O–H groups in total. The van der Waals surface area contributed by atoms with Crippen LogP contribution in [0.15, 0.2) is 59.5 Å². The molecule has 14 heteroatoms. The molecule has 12 nitrogen and oxygen atoms in total. The SMILES string of the molecule is COc1ccc([N+](=O)[O-])cc1NC(=O)CN(c1cc(Cl)ccc1OC)S(=O)(=O)c1ccc(OC)c(OC)c1. The lowest BCUT2D eigenvalue weighted by Gasteiger charge is -2.26. The Kier molecular flexibility index (Phi) is 8.86. The summed E-state index contributed by atoms with van der Waals surface area (Å²) in [5.74, 6) is -0.112. The van der Waals surface area contributed by atoms with Crippen LogP contribution in [0.1, 0.15) is 0 Å². The molecule has 0 radical (unpaired) electrons. The van der Waals surface area contributed by atoms with Gasteiger partial charge < -0.3 is 24.3 Å². The molecule has 0 atom stereocenters. The lowest BCUT2D eigenvalue weighted by molar-refractivity contribution is -0.384. The molecule has 3 aromatic rings. The zero-order valence-corrected chi connectivity index (χ0v) is 22.3. The number of carbonyl (C=O) groups is 1. The third-order valence-corrected chi connectivity index (χ3v) is 7.30. The standard InChI is InChI=1S/C24H24ClN3O9S/c1-34-20-9-6-16(28(30)31)12-18(20)26-24(29)14-27(19-11-15(25)5-8-21(19)35-2)38(32,33)17-7-10-22(36-3)23(13-17)37-4/h5-13H,14H2,1-4H3,(H,26,29). The van der Waals surface area contributed by atoms with Crippen LogP contribution >= 0.6 is 11.6 Å². The highest BCUT2D eigenvalue weighted by atomic mass is 35.5. The fourth-order valence-electron chi connectivity index (χ4n) is 3.49. The van der Waals surface area contributed by atoms with Gasteiger partial charge in [-0.2, -0.15) is 0 Å². The zero-order valence-electron chi connectivity index (χ0n) is 20.8. The Hall–Kier alpha value is -4.23. The van der Waals surface area contributed by atoms with Crippen molar-refractivity contribution in [3.8, 4) is 23.0 Å². The number of carbonyl (C=O) groups excluding carboxylic acids is 1. The number of rotatable bonds is 11. The molecule has 0 aliphatic carbocycles. The summed E-state index contributed by atoms with van der Waals surface area (Å²) in [6.07, 6.45) is 0. The molecule has 3 rings (SSSR count). The number of hydrogen-bond donors (Lipinski definition) is 1. The van der Waals surface area contributed by atoms with Crippen LogP contribution in [-0.4, -0.2) is 54.2 Å². The first kappa shape index (κ1) is 28.3. The zero-order chi connectivity index (χ0) is 28.0. The number of ether oxygens (including phenoxy) is 4. The van der Waals surface area contributed by atoms with Crippen molar-refractivity contribution >= 4 is 44.6 Å². The van der Waals surface area contributed by atoms with Gasteiger partial charge >= 0.3 is 0 Å². The first-order valence-corrected chi connectivity index (χ1v) is 12.6. The van der Waals surface area contributed by atoms with Gasteiger partial charge in [-0.15, -0.1) is 0 Å². The quantitative estimate of drug-likeness (QED) is 0.268. The average Bonchev–Trinajstić information content (AvgIpc) is 2.90. The van der Waals surface area contributed by atoms with E-state index in [-0.39, 0.29) is 44.2 Å². The second-order valence-electron chi connectivity index (χ2n) is 7.53. The Morgan fingerprint density at radius 2 is 1.50 bits per heavy atom. The van der Waals surface area contributed by atoms with Gasteiger partial charge in [0.05, 0.1) is 49.6 Å². The maximum Gasteiger partial charge on any atom is 0.271 e. The minimum absolute atomic E-state index is 0.0176. The number of halogens is 1. The Bertz CT molecular complexity index is 1460. The summed E-state index contributed by atoms with van der Waals surface area (Å²) >= 11 is 6.16. The van der Waals surface area contributed by atoms with Crippen molar-refractivity contribution in [2.45, 2.75) is 4.90 Å². The van der Waals surface area contributed by atoms with Crippen molar-refractivity contribution in [3.63, 3.8) is 0 Å². The minimum Gasteiger partial charge on any atom is -0.495 e. The predicted octanol–water partition coefficient (Wildman–Crippen LogP) is 4.12. The van der Waals surface area contributed by atoms with Gasteiger partial charge in [0, 0.05) is 23.2 Å². The minimum atomic E-state index is -4.43. The number of sulfonamides is 1. The first-order chi connectivity index (χ1) is 18.0. The van der Waals surface area contributed by atoms with E-state index in [1.807, 2.05) is 0 Å². The number of hydrogen-bond acceptors (Lipinski definition) is 9. The van der Waals surface area contributed by atoms with Crippen molar-refractivity contribution in [2.24, 2.45) is 0 Å². The van der Waals surface area contributed by atoms with Crippen LogP contribution in [0.2, 0.25) is 5.02 Å². The molecule has 0 fully saturated rings. The molecule has 0 unspecified atom stereocenters. The molecule has 0 aromatic heterocycles. The summed E-state index contributed by atoms with van der Waals surface area (Å²) in [4.78, 5) is 23.5. The molecule has 0 spiro atoms. The number of nitrogens with one attached hydrogen (secondary N) is 1. The fourth-order valence-corrected chi connectivity index (χ4v) is 5.09. The Labute approximate surface area is 223 Å². The van der Waals surface area contributed by atoms with Crippen molar-refractivity contribution in [3.05, 3.63) is 69.7 Å². The van der Waals surface area contributed by atoms with E-state index in [0.29, 0.717) is 5.75 Å². The Morgan fingerprint density at radius 1 is 0.895 bits per heavy atom. The van der Waals surface area contributed by atoms with Gasteiger partial charge in [0.2, 0.25) is 5.91 Å². The Balaban J connectivity index is 2.10. The van der Waals surface area contributed by atoms with Gasteiger partial charge in [-0.3, -0.25) is 19.2 Å². The highest BCUT2D eigenvalue weighted by Crippen LogP contribution is 2.37. The number of benzene rings is 3. The number of amides is 1. The van der Waals surface area contributed by atoms with E-state index in [0.717, 1.165) is 10.4 Å². The van der Waals surface area contributed by atoms with Crippen LogP contribution in [0.25, 0.3) is 0 Å². The molecule has 0 heterocycles. The van der Waals surface area contributed by atoms with Gasteiger partial charge in [-0.05, 0) is 36.4 Å². The number of methoxy groups -OCH3 is 4. The van der Waals surface area contributed by atoms with Crippen molar-refractivity contribution in [1.82, 2.24) is 0 Å². The monoisotopic (exact) mass is 565 g/mol. The van der Waals surface area contributed by atoms with Crippen molar-refractivity contribution in [1.29, 1.82) is 0 Å². The highest BCUT2D eigenvalue weighted by Gasteiger charge is 2.31. The summed E-state index contributed by atoms with van der Waals surface area (Å²) in [6.45, 7) is -0.751. The molecular weight excluding hydrogens is 542 g/mol. The molecule has 3 aromatic carbocycles. The lowest BCUT2D eigenvalue weighted by atomic mass is 10.2. The van der Waals surface area contributed by atoms with E-state index in [2.05, 4.69) is 5.32 Å². The van der Waals surface area contributed by atoms with Crippen LogP contribution in [0.3, 0.4) is 0 Å². The molecule has 38 heavy (non-hydrogen) atoms. The first-order valence-electron chi connectivity index (χ1n) is 10.8. The third kappa shape index (κ3) is 6.01. The topological polar surface area (TPSA) is 147 Å². The number of nitrogens with zero attached hydrogens (tertiary/aromatic N) is 2. The van der Waals surface area contributed by atoms with Gasteiger partial charge in [-0.1, -0.05) is 11.6 Å². The molecule has 0 saturated carbocycles. The smallest absolute Gasteiger partial charge is 0.271 e. The largest absolute Gasteiger partial charge is 0.495 e. The maximum atomic E-state index is 13.9. The maximum absolute atomic E-state index is 13.9. The van der Waals surface area contributed by atoms with Crippen molar-refractivity contribution in [2.75, 3.05) is 44.6 Å². The van der Waals surface area contributed by atoms with Crippen LogP contribution in [0, 0.1) is 10.1 Å². The molecule has 0 aliphatic heterocycles. The summed E-state index contributed by atoms with van der Waals surface area (Å²) < 4.78 is 49.5. The summed E-state index contributed by atoms with van der Waals surface area (Å²) in [6, 6.07) is 11.9. The molecule has 0 bridgehead atoms. The van der Waals surface area contributed by atoms with Crippen LogP contribution in [0.4, 0.5) is 17.1 Å². The second kappa shape index (κ2) is 11.9. The average molecular weight is 566 g/mol. The van der Waals surface area contributed by atoms with E-state index in [9.17, 15) is 23.3 Å². The fraction of sp³-hybridized carbons (Fsp3) is 0.208. The summed E-state index contributed by atoms with van der Waals surface area (Å²) in [5.41, 5.74) is -0.336. The van der Waals surface area contributed by atoms with E-state index in [1.54, 1.807) is 0 Å². The molecule has 202 valence electrons. The molecule has 1 amide bonds. The molecule has 0 aliphatic rings. The van der Waals surface area contributed by atoms with Crippen LogP contribution in [0.5, 0.6) is 23.0 Å². The van der Waals surface area contributed by atoms with Gasteiger partial charge in [0.1, 0.15) is 18.0 Å². The summed E-state index contributed by atoms with van der Waals surface area (Å²) in [5, 5.41) is 13.9. The van der Waals surface area contributed by atoms with E-state index >= 15 is 0 Å². The van der Waals surface area contributed by atoms with Gasteiger partial charge in [0.15, 0.2) is 11.5 Å². The Morgan fingerprint density at radius 3 is 2.11 bits per heavy atom. The third-order valence-electron chi connectivity index (χ3n) is 5.31. The number of anilines is 2. The molecule has 0 saturated heterocycles. The number of nitro benzene ring substituents is 1. The van der Waals surface area contributed by atoms with E-state index in [1.165, 1.54) is 77.0 Å². The predicted molar refractivity (Wildman–Crippen MR) is 140 cm³/mol. The number of non-ortho nitro benzene ring substituents is 1. The van der Waals surface area contributed by atoms with Crippen LogP contribution < -0.4 is 28.6 Å². The van der Waals surface area contributed by atoms with E-state index in [4.69, 9.17) is 30.5 Å². The van der Waals surface area contributed by atoms with Crippen molar-refractivity contribution < 1.29 is 37.1 Å². The number of nitro groups is 1. The summed E-state index contributed by atoms with van der Waals surface area (Å²) in [7, 11) is 0.987. The van der Waals surface area contributed by atoms with Gasteiger partial charge in [0.25, 0.3) is 15.7 Å².